The monoisotopic (exact) mass is 421 g/mol. The van der Waals surface area contributed by atoms with Gasteiger partial charge in [0.25, 0.3) is 0 Å². The molecule has 6 heteroatoms. The molecule has 1 aliphatic heterocycles. The molecule has 0 spiro atoms. The van der Waals surface area contributed by atoms with Gasteiger partial charge in [0.05, 0.1) is 6.54 Å². The molecule has 3 N–H and O–H groups in total. The summed E-state index contributed by atoms with van der Waals surface area (Å²) < 4.78 is 0. The number of carbonyl (C=O) groups excluding carboxylic acids is 1. The summed E-state index contributed by atoms with van der Waals surface area (Å²) in [6.45, 7) is 9.38. The Hall–Kier alpha value is -2.86. The summed E-state index contributed by atoms with van der Waals surface area (Å²) in [5, 5.41) is 9.83. The van der Waals surface area contributed by atoms with E-state index in [2.05, 4.69) is 65.0 Å². The molecule has 1 fully saturated rings. The van der Waals surface area contributed by atoms with Crippen LogP contribution in [0.5, 0.6) is 0 Å². The fourth-order valence-corrected chi connectivity index (χ4v) is 4.04. The first-order chi connectivity index (χ1) is 15.0. The number of benzene rings is 2. The summed E-state index contributed by atoms with van der Waals surface area (Å²) in [6.07, 6.45) is 2.19. The molecule has 1 amide bonds. The van der Waals surface area contributed by atoms with Gasteiger partial charge in [0, 0.05) is 44.3 Å². The van der Waals surface area contributed by atoms with Crippen molar-refractivity contribution in [3.63, 3.8) is 0 Å². The lowest BCUT2D eigenvalue weighted by Gasteiger charge is -2.38. The number of guanidine groups is 1. The number of aliphatic imine (C=N–C) groups is 1. The van der Waals surface area contributed by atoms with Crippen LogP contribution in [0.4, 0.5) is 5.69 Å². The Balaban J connectivity index is 1.56. The minimum Gasteiger partial charge on any atom is -0.357 e. The number of anilines is 1. The number of nitrogens with zero attached hydrogens (tertiary/aromatic N) is 2. The lowest BCUT2D eigenvalue weighted by atomic mass is 9.97. The highest BCUT2D eigenvalue weighted by Gasteiger charge is 2.25. The van der Waals surface area contributed by atoms with Crippen molar-refractivity contribution in [1.82, 2.24) is 15.5 Å². The molecule has 2 atom stereocenters. The molecule has 0 saturated carbocycles. The maximum atomic E-state index is 11.3. The summed E-state index contributed by atoms with van der Waals surface area (Å²) in [4.78, 5) is 18.6. The number of likely N-dealkylation sites (tertiary alicyclic amines) is 1. The molecule has 1 heterocycles. The average molecular weight is 422 g/mol. The van der Waals surface area contributed by atoms with Gasteiger partial charge in [0.15, 0.2) is 5.96 Å². The minimum absolute atomic E-state index is 0.0663. The summed E-state index contributed by atoms with van der Waals surface area (Å²) in [5.74, 6) is 0.782. The summed E-state index contributed by atoms with van der Waals surface area (Å²) in [7, 11) is 0. The zero-order chi connectivity index (χ0) is 22.1. The Bertz CT molecular complexity index is 867. The van der Waals surface area contributed by atoms with E-state index in [0.29, 0.717) is 18.6 Å². The summed E-state index contributed by atoms with van der Waals surface area (Å²) in [5.41, 5.74) is 3.24. The van der Waals surface area contributed by atoms with Crippen molar-refractivity contribution in [1.29, 1.82) is 0 Å². The lowest BCUT2D eigenvalue weighted by Crippen LogP contribution is -2.51. The van der Waals surface area contributed by atoms with E-state index in [1.54, 1.807) is 0 Å². The summed E-state index contributed by atoms with van der Waals surface area (Å²) >= 11 is 0. The van der Waals surface area contributed by atoms with Crippen molar-refractivity contribution in [2.45, 2.75) is 58.8 Å². The minimum atomic E-state index is -0.0663. The summed E-state index contributed by atoms with van der Waals surface area (Å²) in [6, 6.07) is 19.5. The van der Waals surface area contributed by atoms with E-state index in [4.69, 9.17) is 4.99 Å². The van der Waals surface area contributed by atoms with Gasteiger partial charge in [-0.3, -0.25) is 9.69 Å². The number of piperidine rings is 1. The zero-order valence-electron chi connectivity index (χ0n) is 18.9. The average Bonchev–Trinajstić information content (AvgIpc) is 2.75. The number of hydrogen-bond acceptors (Lipinski definition) is 3. The van der Waals surface area contributed by atoms with E-state index in [0.717, 1.165) is 49.7 Å². The van der Waals surface area contributed by atoms with Gasteiger partial charge in [-0.2, -0.15) is 0 Å². The predicted molar refractivity (Wildman–Crippen MR) is 128 cm³/mol. The first-order valence-corrected chi connectivity index (χ1v) is 11.2. The Kier molecular flexibility index (Phi) is 8.47. The molecular formula is C25H35N5O. The van der Waals surface area contributed by atoms with Gasteiger partial charge in [-0.25, -0.2) is 4.99 Å². The van der Waals surface area contributed by atoms with E-state index in [-0.39, 0.29) is 5.91 Å². The van der Waals surface area contributed by atoms with Gasteiger partial charge in [-0.05, 0) is 49.9 Å². The van der Waals surface area contributed by atoms with Crippen molar-refractivity contribution in [2.75, 3.05) is 18.4 Å². The van der Waals surface area contributed by atoms with Gasteiger partial charge < -0.3 is 16.0 Å². The molecule has 6 nitrogen and oxygen atoms in total. The molecule has 0 bridgehead atoms. The first-order valence-electron chi connectivity index (χ1n) is 11.2. The van der Waals surface area contributed by atoms with Crippen LogP contribution in [0.1, 0.15) is 44.7 Å². The smallest absolute Gasteiger partial charge is 0.221 e. The van der Waals surface area contributed by atoms with Gasteiger partial charge >= 0.3 is 0 Å². The number of carbonyl (C=O) groups is 1. The molecule has 2 aromatic carbocycles. The number of rotatable bonds is 7. The zero-order valence-corrected chi connectivity index (χ0v) is 18.9. The van der Waals surface area contributed by atoms with Crippen molar-refractivity contribution >= 4 is 17.6 Å². The Labute approximate surface area is 186 Å². The third-order valence-electron chi connectivity index (χ3n) is 5.59. The van der Waals surface area contributed by atoms with Crippen LogP contribution in [-0.2, 0) is 17.9 Å². The fourth-order valence-electron chi connectivity index (χ4n) is 4.04. The van der Waals surface area contributed by atoms with Gasteiger partial charge in [-0.15, -0.1) is 0 Å². The van der Waals surface area contributed by atoms with Crippen molar-refractivity contribution in [3.8, 4) is 0 Å². The molecule has 2 aromatic rings. The highest BCUT2D eigenvalue weighted by atomic mass is 16.1. The first kappa shape index (κ1) is 22.8. The lowest BCUT2D eigenvalue weighted by molar-refractivity contribution is -0.114. The third kappa shape index (κ3) is 7.40. The molecule has 166 valence electrons. The topological polar surface area (TPSA) is 68.8 Å². The molecule has 1 aliphatic rings. The molecular weight excluding hydrogens is 386 g/mol. The quantitative estimate of drug-likeness (QED) is 0.470. The van der Waals surface area contributed by atoms with Crippen LogP contribution < -0.4 is 16.0 Å². The molecule has 3 rings (SSSR count). The second kappa shape index (κ2) is 11.5. The second-order valence-electron chi connectivity index (χ2n) is 8.25. The van der Waals surface area contributed by atoms with Crippen molar-refractivity contribution < 1.29 is 4.79 Å². The van der Waals surface area contributed by atoms with Gasteiger partial charge in [0.1, 0.15) is 0 Å². The van der Waals surface area contributed by atoms with Gasteiger partial charge in [0.2, 0.25) is 5.91 Å². The molecule has 0 radical (unpaired) electrons. The largest absolute Gasteiger partial charge is 0.357 e. The molecule has 31 heavy (non-hydrogen) atoms. The second-order valence-corrected chi connectivity index (χ2v) is 8.25. The Morgan fingerprint density at radius 2 is 1.90 bits per heavy atom. The van der Waals surface area contributed by atoms with Crippen molar-refractivity contribution in [3.05, 3.63) is 65.7 Å². The maximum absolute atomic E-state index is 11.3. The normalized spacial score (nSPS) is 19.6. The Morgan fingerprint density at radius 3 is 2.61 bits per heavy atom. The number of amides is 1. The van der Waals surface area contributed by atoms with Crippen LogP contribution in [0.3, 0.4) is 0 Å². The molecule has 0 aliphatic carbocycles. The van der Waals surface area contributed by atoms with Gasteiger partial charge in [-0.1, -0.05) is 42.5 Å². The third-order valence-corrected chi connectivity index (χ3v) is 5.59. The van der Waals surface area contributed by atoms with Crippen LogP contribution in [0.25, 0.3) is 0 Å². The SMILES string of the molecule is CCNC(=NCc1cccc(NC(C)=O)c1)NC1CCN(Cc2ccccc2)C(C)C1. The standard InChI is InChI=1S/C25H35N5O/c1-4-26-25(27-17-22-11-8-12-23(16-22)28-20(3)31)29-24-13-14-30(19(2)15-24)18-21-9-6-5-7-10-21/h5-12,16,19,24H,4,13-15,17-18H2,1-3H3,(H,28,31)(H2,26,27,29). The molecule has 0 aromatic heterocycles. The van der Waals surface area contributed by atoms with E-state index in [9.17, 15) is 4.79 Å². The molecule has 2 unspecified atom stereocenters. The highest BCUT2D eigenvalue weighted by molar-refractivity contribution is 5.88. The number of nitrogens with one attached hydrogen (secondary N) is 3. The fraction of sp³-hybridized carbons (Fsp3) is 0.440. The van der Waals surface area contributed by atoms with E-state index in [1.165, 1.54) is 12.5 Å². The van der Waals surface area contributed by atoms with E-state index < -0.39 is 0 Å². The van der Waals surface area contributed by atoms with E-state index in [1.807, 2.05) is 24.3 Å². The van der Waals surface area contributed by atoms with Crippen LogP contribution in [0, 0.1) is 0 Å². The number of hydrogen-bond donors (Lipinski definition) is 3. The van der Waals surface area contributed by atoms with Crippen LogP contribution in [0.15, 0.2) is 59.6 Å². The predicted octanol–water partition coefficient (Wildman–Crippen LogP) is 3.75. The van der Waals surface area contributed by atoms with Crippen LogP contribution in [-0.4, -0.2) is 41.9 Å². The van der Waals surface area contributed by atoms with Crippen LogP contribution in [0.2, 0.25) is 0 Å². The van der Waals surface area contributed by atoms with Crippen LogP contribution >= 0.6 is 0 Å². The molecule has 1 saturated heterocycles. The Morgan fingerprint density at radius 1 is 1.13 bits per heavy atom. The van der Waals surface area contributed by atoms with E-state index >= 15 is 0 Å². The highest BCUT2D eigenvalue weighted by Crippen LogP contribution is 2.20. The maximum Gasteiger partial charge on any atom is 0.221 e. The van der Waals surface area contributed by atoms with Crippen molar-refractivity contribution in [2.24, 2.45) is 4.99 Å².